The zero-order chi connectivity index (χ0) is 28.6. The second kappa shape index (κ2) is 13.3. The van der Waals surface area contributed by atoms with E-state index >= 15 is 0 Å². The van der Waals surface area contributed by atoms with Crippen LogP contribution in [-0.4, -0.2) is 47.9 Å². The van der Waals surface area contributed by atoms with Gasteiger partial charge in [0.25, 0.3) is 0 Å². The smallest absolute Gasteiger partial charge is 0.407 e. The van der Waals surface area contributed by atoms with Gasteiger partial charge in [0.1, 0.15) is 12.6 Å². The maximum atomic E-state index is 13.3. The van der Waals surface area contributed by atoms with Gasteiger partial charge in [0, 0.05) is 5.92 Å². The highest BCUT2D eigenvalue weighted by Gasteiger charge is 2.34. The second-order valence-corrected chi connectivity index (χ2v) is 10.2. The van der Waals surface area contributed by atoms with Crippen molar-refractivity contribution in [2.45, 2.75) is 57.9 Å². The molecular weight excluding hydrogens is 508 g/mol. The summed E-state index contributed by atoms with van der Waals surface area (Å²) in [7, 11) is 0. The van der Waals surface area contributed by atoms with E-state index in [9.17, 15) is 19.5 Å². The van der Waals surface area contributed by atoms with Crippen molar-refractivity contribution in [2.24, 2.45) is 5.92 Å². The molecule has 210 valence electrons. The molecule has 0 saturated heterocycles. The molecule has 8 nitrogen and oxygen atoms in total. The van der Waals surface area contributed by atoms with Crippen LogP contribution < -0.4 is 10.6 Å². The number of hydrogen-bond acceptors (Lipinski definition) is 5. The number of carboxylic acid groups (broad SMARTS) is 1. The Morgan fingerprint density at radius 1 is 0.825 bits per heavy atom. The molecule has 0 radical (unpaired) electrons. The molecule has 8 heteroatoms. The van der Waals surface area contributed by atoms with Crippen molar-refractivity contribution in [3.05, 3.63) is 95.6 Å². The molecular formula is C32H36N2O6. The van der Waals surface area contributed by atoms with Gasteiger partial charge in [-0.05, 0) is 40.7 Å². The molecule has 4 atom stereocenters. The van der Waals surface area contributed by atoms with Crippen molar-refractivity contribution in [3.63, 3.8) is 0 Å². The Kier molecular flexibility index (Phi) is 9.56. The Morgan fingerprint density at radius 2 is 1.40 bits per heavy atom. The van der Waals surface area contributed by atoms with Gasteiger partial charge in [-0.15, -0.1) is 0 Å². The monoisotopic (exact) mass is 544 g/mol. The van der Waals surface area contributed by atoms with E-state index in [0.29, 0.717) is 6.42 Å². The number of carbonyl (C=O) groups excluding carboxylic acids is 2. The summed E-state index contributed by atoms with van der Waals surface area (Å²) < 4.78 is 11.4. The summed E-state index contributed by atoms with van der Waals surface area (Å²) in [5.74, 6) is -2.22. The molecule has 2 unspecified atom stereocenters. The third-order valence-electron chi connectivity index (χ3n) is 7.50. The summed E-state index contributed by atoms with van der Waals surface area (Å²) in [6.45, 7) is 5.62. The van der Waals surface area contributed by atoms with Crippen LogP contribution in [-0.2, 0) is 25.7 Å². The number of carbonyl (C=O) groups is 3. The van der Waals surface area contributed by atoms with Crippen LogP contribution >= 0.6 is 0 Å². The number of hydrogen-bond donors (Lipinski definition) is 3. The highest BCUT2D eigenvalue weighted by atomic mass is 16.5. The first-order chi connectivity index (χ1) is 19.3. The van der Waals surface area contributed by atoms with Crippen LogP contribution in [0.2, 0.25) is 0 Å². The van der Waals surface area contributed by atoms with E-state index in [-0.39, 0.29) is 25.0 Å². The van der Waals surface area contributed by atoms with E-state index in [1.54, 1.807) is 6.92 Å². The number of alkyl carbamates (subject to hydrolysis) is 1. The van der Waals surface area contributed by atoms with Crippen molar-refractivity contribution in [3.8, 4) is 11.1 Å². The van der Waals surface area contributed by atoms with Gasteiger partial charge < -0.3 is 25.2 Å². The number of aliphatic carboxylic acids is 1. The second-order valence-electron chi connectivity index (χ2n) is 10.2. The predicted octanol–water partition coefficient (Wildman–Crippen LogP) is 5.11. The highest BCUT2D eigenvalue weighted by Crippen LogP contribution is 2.44. The lowest BCUT2D eigenvalue weighted by molar-refractivity contribution is -0.147. The van der Waals surface area contributed by atoms with Crippen LogP contribution in [0.15, 0.2) is 78.9 Å². The summed E-state index contributed by atoms with van der Waals surface area (Å²) in [5.41, 5.74) is 5.29. The lowest BCUT2D eigenvalue weighted by Gasteiger charge is -2.27. The quantitative estimate of drug-likeness (QED) is 0.292. The molecule has 0 aromatic heterocycles. The first kappa shape index (κ1) is 28.8. The summed E-state index contributed by atoms with van der Waals surface area (Å²) in [4.78, 5) is 38.2. The lowest BCUT2D eigenvalue weighted by Crippen LogP contribution is -2.57. The van der Waals surface area contributed by atoms with Crippen LogP contribution in [0.5, 0.6) is 0 Å². The minimum Gasteiger partial charge on any atom is -0.480 e. The lowest BCUT2D eigenvalue weighted by atomic mass is 9.97. The Hall–Kier alpha value is -4.17. The van der Waals surface area contributed by atoms with Gasteiger partial charge in [-0.2, -0.15) is 0 Å². The topological polar surface area (TPSA) is 114 Å². The third kappa shape index (κ3) is 6.69. The number of rotatable bonds is 12. The molecule has 0 aliphatic heterocycles. The largest absolute Gasteiger partial charge is 0.480 e. The molecule has 0 bridgehead atoms. The normalized spacial score (nSPS) is 15.2. The fraction of sp³-hybridized carbons (Fsp3) is 0.344. The fourth-order valence-corrected chi connectivity index (χ4v) is 4.99. The van der Waals surface area contributed by atoms with Crippen molar-refractivity contribution in [1.82, 2.24) is 10.6 Å². The van der Waals surface area contributed by atoms with Crippen molar-refractivity contribution in [2.75, 3.05) is 6.61 Å². The van der Waals surface area contributed by atoms with Crippen LogP contribution in [0.3, 0.4) is 0 Å². The number of benzene rings is 3. The van der Waals surface area contributed by atoms with E-state index < -0.39 is 36.2 Å². The van der Waals surface area contributed by atoms with Gasteiger partial charge in [-0.3, -0.25) is 4.79 Å². The predicted molar refractivity (Wildman–Crippen MR) is 152 cm³/mol. The molecule has 1 aliphatic rings. The average molecular weight is 545 g/mol. The van der Waals surface area contributed by atoms with Crippen LogP contribution in [0.1, 0.15) is 49.8 Å². The van der Waals surface area contributed by atoms with E-state index in [4.69, 9.17) is 9.47 Å². The minimum atomic E-state index is -1.30. The van der Waals surface area contributed by atoms with Crippen LogP contribution in [0.4, 0.5) is 4.79 Å². The molecule has 3 N–H and O–H groups in total. The maximum Gasteiger partial charge on any atom is 0.407 e. The molecule has 0 saturated carbocycles. The van der Waals surface area contributed by atoms with Gasteiger partial charge in [0.15, 0.2) is 6.04 Å². The molecule has 0 spiro atoms. The van der Waals surface area contributed by atoms with Gasteiger partial charge in [-0.1, -0.05) is 99.1 Å². The Morgan fingerprint density at radius 3 is 1.98 bits per heavy atom. The highest BCUT2D eigenvalue weighted by molar-refractivity contribution is 5.89. The Bertz CT molecular complexity index is 1280. The van der Waals surface area contributed by atoms with Gasteiger partial charge >= 0.3 is 12.1 Å². The SMILES string of the molecule is CC[C@H](C)[C@H](NC(=O)OCC1c2ccccc2-c2ccccc21)C(=O)NC(C(=O)O)C(C)OCc1ccccc1. The van der Waals surface area contributed by atoms with E-state index in [2.05, 4.69) is 22.8 Å². The van der Waals surface area contributed by atoms with Crippen molar-refractivity contribution >= 4 is 18.0 Å². The number of fused-ring (bicyclic) bond motifs is 3. The van der Waals surface area contributed by atoms with E-state index in [1.807, 2.05) is 80.6 Å². The first-order valence-electron chi connectivity index (χ1n) is 13.6. The third-order valence-corrected chi connectivity index (χ3v) is 7.50. The standard InChI is InChI=1S/C32H36N2O6/c1-4-20(2)28(30(35)33-29(31(36)37)21(3)39-18-22-12-6-5-7-13-22)34-32(38)40-19-27-25-16-10-8-14-23(25)24-15-9-11-17-26(24)27/h5-17,20-21,27-29H,4,18-19H2,1-3H3,(H,33,35)(H,34,38)(H,36,37)/t20-,21?,28-,29?/m0/s1. The van der Waals surface area contributed by atoms with Crippen molar-refractivity contribution in [1.29, 1.82) is 0 Å². The first-order valence-corrected chi connectivity index (χ1v) is 13.6. The van der Waals surface area contributed by atoms with E-state index in [1.165, 1.54) is 0 Å². The Balaban J connectivity index is 1.39. The molecule has 3 aromatic rings. The molecule has 4 rings (SSSR count). The molecule has 3 aromatic carbocycles. The molecule has 1 aliphatic carbocycles. The van der Waals surface area contributed by atoms with Gasteiger partial charge in [-0.25, -0.2) is 9.59 Å². The summed E-state index contributed by atoms with van der Waals surface area (Å²) in [6.07, 6.45) is -0.962. The molecule has 40 heavy (non-hydrogen) atoms. The number of nitrogens with one attached hydrogen (secondary N) is 2. The summed E-state index contributed by atoms with van der Waals surface area (Å²) >= 11 is 0. The van der Waals surface area contributed by atoms with Crippen molar-refractivity contribution < 1.29 is 29.0 Å². The number of carboxylic acids is 1. The van der Waals surface area contributed by atoms with Crippen LogP contribution in [0, 0.1) is 5.92 Å². The number of amides is 2. The summed E-state index contributed by atoms with van der Waals surface area (Å²) in [6, 6.07) is 23.2. The zero-order valence-corrected chi connectivity index (χ0v) is 23.0. The molecule has 0 heterocycles. The molecule has 0 fully saturated rings. The minimum absolute atomic E-state index is 0.108. The Labute approximate surface area is 234 Å². The maximum absolute atomic E-state index is 13.3. The van der Waals surface area contributed by atoms with E-state index in [0.717, 1.165) is 27.8 Å². The van der Waals surface area contributed by atoms with Gasteiger partial charge in [0.05, 0.1) is 12.7 Å². The zero-order valence-electron chi connectivity index (χ0n) is 23.0. The average Bonchev–Trinajstić information content (AvgIpc) is 3.29. The van der Waals surface area contributed by atoms with Crippen LogP contribution in [0.25, 0.3) is 11.1 Å². The molecule has 2 amide bonds. The fourth-order valence-electron chi connectivity index (χ4n) is 4.99. The number of ether oxygens (including phenoxy) is 2. The van der Waals surface area contributed by atoms with Gasteiger partial charge in [0.2, 0.25) is 5.91 Å². The summed E-state index contributed by atoms with van der Waals surface area (Å²) in [5, 5.41) is 15.0.